The first-order valence-electron chi connectivity index (χ1n) is 3.32. The summed E-state index contributed by atoms with van der Waals surface area (Å²) in [7, 11) is 0. The standard InChI is InChI=1S/C6H6Cl2N2O2S/c7-5-6(8,10-2-9-5)3(1-13)4(11)12/h2-3,13H,1H2,(H,11,12). The minimum Gasteiger partial charge on any atom is -0.481 e. The molecule has 0 amide bonds. The lowest BCUT2D eigenvalue weighted by Gasteiger charge is -2.23. The summed E-state index contributed by atoms with van der Waals surface area (Å²) < 4.78 is 0. The molecule has 0 radical (unpaired) electrons. The summed E-state index contributed by atoms with van der Waals surface area (Å²) in [4.78, 5) is 16.6. The zero-order valence-electron chi connectivity index (χ0n) is 6.31. The van der Waals surface area contributed by atoms with Gasteiger partial charge in [-0.05, 0) is 0 Å². The molecule has 1 rings (SSSR count). The Morgan fingerprint density at radius 1 is 1.85 bits per heavy atom. The molecule has 0 aromatic carbocycles. The SMILES string of the molecule is O=C(O)C(CS)C1(Cl)N=CN=C1Cl. The molecule has 1 N–H and O–H groups in total. The van der Waals surface area contributed by atoms with Crippen molar-refractivity contribution in [2.75, 3.05) is 5.75 Å². The van der Waals surface area contributed by atoms with Gasteiger partial charge in [0.05, 0.1) is 0 Å². The fraction of sp³-hybridized carbons (Fsp3) is 0.500. The van der Waals surface area contributed by atoms with E-state index < -0.39 is 16.9 Å². The molecule has 4 nitrogen and oxygen atoms in total. The molecule has 2 unspecified atom stereocenters. The van der Waals surface area contributed by atoms with Crippen LogP contribution in [0.2, 0.25) is 0 Å². The van der Waals surface area contributed by atoms with Crippen LogP contribution in [0.1, 0.15) is 0 Å². The Hall–Kier alpha value is -0.260. The van der Waals surface area contributed by atoms with Gasteiger partial charge in [-0.15, -0.1) is 0 Å². The van der Waals surface area contributed by atoms with E-state index in [0.29, 0.717) is 0 Å². The van der Waals surface area contributed by atoms with Crippen LogP contribution >= 0.6 is 35.8 Å². The van der Waals surface area contributed by atoms with Crippen LogP contribution < -0.4 is 0 Å². The Morgan fingerprint density at radius 2 is 2.46 bits per heavy atom. The van der Waals surface area contributed by atoms with Gasteiger partial charge in [0.1, 0.15) is 12.3 Å². The zero-order chi connectivity index (χ0) is 10.1. The summed E-state index contributed by atoms with van der Waals surface area (Å²) in [5, 5.41) is 8.76. The van der Waals surface area contributed by atoms with Crippen molar-refractivity contribution in [1.82, 2.24) is 0 Å². The van der Waals surface area contributed by atoms with Crippen molar-refractivity contribution < 1.29 is 9.90 Å². The lowest BCUT2D eigenvalue weighted by atomic mass is 10.0. The molecular weight excluding hydrogens is 235 g/mol. The Morgan fingerprint density at radius 3 is 2.77 bits per heavy atom. The highest BCUT2D eigenvalue weighted by atomic mass is 35.5. The van der Waals surface area contributed by atoms with Crippen molar-refractivity contribution >= 4 is 53.3 Å². The highest BCUT2D eigenvalue weighted by Crippen LogP contribution is 2.34. The second-order valence-corrected chi connectivity index (χ2v) is 3.71. The summed E-state index contributed by atoms with van der Waals surface area (Å²) in [6, 6.07) is 0. The molecule has 1 heterocycles. The summed E-state index contributed by atoms with van der Waals surface area (Å²) >= 11 is 15.4. The normalized spacial score (nSPS) is 28.7. The van der Waals surface area contributed by atoms with Gasteiger partial charge in [0.25, 0.3) is 0 Å². The van der Waals surface area contributed by atoms with Gasteiger partial charge in [0, 0.05) is 5.75 Å². The van der Waals surface area contributed by atoms with Crippen LogP contribution in [0.5, 0.6) is 0 Å². The van der Waals surface area contributed by atoms with Gasteiger partial charge in [-0.2, -0.15) is 12.6 Å². The third kappa shape index (κ3) is 1.82. The van der Waals surface area contributed by atoms with Gasteiger partial charge in [0.15, 0.2) is 5.17 Å². The third-order valence-electron chi connectivity index (χ3n) is 1.65. The van der Waals surface area contributed by atoms with Gasteiger partial charge in [-0.3, -0.25) is 4.79 Å². The Bertz CT molecular complexity index is 294. The van der Waals surface area contributed by atoms with Gasteiger partial charge in [-0.25, -0.2) is 9.98 Å². The van der Waals surface area contributed by atoms with E-state index in [-0.39, 0.29) is 10.9 Å². The first kappa shape index (κ1) is 10.8. The number of hydrogen-bond acceptors (Lipinski definition) is 4. The molecule has 0 aromatic rings. The van der Waals surface area contributed by atoms with Crippen molar-refractivity contribution in [2.24, 2.45) is 15.9 Å². The second-order valence-electron chi connectivity index (χ2n) is 2.41. The second kappa shape index (κ2) is 3.86. The number of alkyl halides is 1. The van der Waals surface area contributed by atoms with E-state index in [9.17, 15) is 4.79 Å². The van der Waals surface area contributed by atoms with Crippen LogP contribution in [0.3, 0.4) is 0 Å². The number of nitrogens with zero attached hydrogens (tertiary/aromatic N) is 2. The van der Waals surface area contributed by atoms with Crippen molar-refractivity contribution in [1.29, 1.82) is 0 Å². The van der Waals surface area contributed by atoms with Gasteiger partial charge >= 0.3 is 5.97 Å². The lowest BCUT2D eigenvalue weighted by Crippen LogP contribution is -2.40. The van der Waals surface area contributed by atoms with E-state index in [1.54, 1.807) is 0 Å². The van der Waals surface area contributed by atoms with E-state index >= 15 is 0 Å². The highest BCUT2D eigenvalue weighted by molar-refractivity contribution is 7.80. The number of aliphatic carboxylic acids is 1. The first-order chi connectivity index (χ1) is 6.02. The van der Waals surface area contributed by atoms with Crippen molar-refractivity contribution in [3.8, 4) is 0 Å². The van der Waals surface area contributed by atoms with Crippen LogP contribution in [0.15, 0.2) is 9.98 Å². The molecule has 1 aliphatic rings. The Labute approximate surface area is 90.1 Å². The smallest absolute Gasteiger partial charge is 0.311 e. The molecule has 1 aliphatic heterocycles. The van der Waals surface area contributed by atoms with Crippen molar-refractivity contribution in [3.63, 3.8) is 0 Å². The van der Waals surface area contributed by atoms with Crippen molar-refractivity contribution in [2.45, 2.75) is 5.00 Å². The van der Waals surface area contributed by atoms with E-state index in [1.165, 1.54) is 0 Å². The molecule has 0 aliphatic carbocycles. The minimum absolute atomic E-state index is 0.0318. The lowest BCUT2D eigenvalue weighted by molar-refractivity contribution is -0.141. The molecule has 0 saturated carbocycles. The number of carboxylic acid groups (broad SMARTS) is 1. The predicted molar refractivity (Wildman–Crippen MR) is 55.3 cm³/mol. The maximum absolute atomic E-state index is 10.7. The minimum atomic E-state index is -1.48. The maximum Gasteiger partial charge on any atom is 0.311 e. The van der Waals surface area contributed by atoms with Gasteiger partial charge in [-0.1, -0.05) is 23.2 Å². The number of rotatable bonds is 3. The number of aliphatic imine (C=N–C) groups is 2. The Balaban J connectivity index is 2.97. The number of thiol groups is 1. The van der Waals surface area contributed by atoms with Gasteiger partial charge < -0.3 is 5.11 Å². The fourth-order valence-electron chi connectivity index (χ4n) is 0.904. The molecule has 0 bridgehead atoms. The van der Waals surface area contributed by atoms with Crippen molar-refractivity contribution in [3.05, 3.63) is 0 Å². The fourth-order valence-corrected chi connectivity index (χ4v) is 1.92. The summed E-state index contributed by atoms with van der Waals surface area (Å²) in [6.07, 6.45) is 1.15. The number of carboxylic acids is 1. The Kier molecular flexibility index (Phi) is 3.21. The van der Waals surface area contributed by atoms with E-state index in [1.807, 2.05) is 0 Å². The third-order valence-corrected chi connectivity index (χ3v) is 3.04. The van der Waals surface area contributed by atoms with Crippen LogP contribution in [0.4, 0.5) is 0 Å². The summed E-state index contributed by atoms with van der Waals surface area (Å²) in [6.45, 7) is 0. The number of hydrogen-bond donors (Lipinski definition) is 2. The summed E-state index contributed by atoms with van der Waals surface area (Å²) in [5.74, 6) is -2.04. The molecule has 72 valence electrons. The largest absolute Gasteiger partial charge is 0.481 e. The van der Waals surface area contributed by atoms with Crippen LogP contribution in [0.25, 0.3) is 0 Å². The molecule has 0 saturated heterocycles. The van der Waals surface area contributed by atoms with E-state index in [2.05, 4.69) is 22.6 Å². The summed E-state index contributed by atoms with van der Waals surface area (Å²) in [5.41, 5.74) is 0. The van der Waals surface area contributed by atoms with E-state index in [0.717, 1.165) is 6.34 Å². The van der Waals surface area contributed by atoms with Crippen LogP contribution in [-0.4, -0.2) is 33.3 Å². The van der Waals surface area contributed by atoms with Crippen LogP contribution in [-0.2, 0) is 4.79 Å². The molecular formula is C6H6Cl2N2O2S. The maximum atomic E-state index is 10.7. The number of carbonyl (C=O) groups is 1. The average molecular weight is 241 g/mol. The average Bonchev–Trinajstić information content (AvgIpc) is 2.33. The van der Waals surface area contributed by atoms with E-state index in [4.69, 9.17) is 28.3 Å². The first-order valence-corrected chi connectivity index (χ1v) is 4.71. The topological polar surface area (TPSA) is 62.0 Å². The predicted octanol–water partition coefficient (Wildman–Crippen LogP) is 1.23. The number of halogens is 2. The monoisotopic (exact) mass is 240 g/mol. The highest BCUT2D eigenvalue weighted by Gasteiger charge is 2.46. The molecule has 7 heteroatoms. The molecule has 13 heavy (non-hydrogen) atoms. The molecule has 2 atom stereocenters. The molecule has 0 aromatic heterocycles. The molecule has 0 fully saturated rings. The van der Waals surface area contributed by atoms with Crippen LogP contribution in [0, 0.1) is 5.92 Å². The molecule has 0 spiro atoms. The zero-order valence-corrected chi connectivity index (χ0v) is 8.72. The van der Waals surface area contributed by atoms with Gasteiger partial charge in [0.2, 0.25) is 5.00 Å². The quantitative estimate of drug-likeness (QED) is 0.443.